The van der Waals surface area contributed by atoms with Crippen LogP contribution in [-0.2, 0) is 11.0 Å². The van der Waals surface area contributed by atoms with Crippen molar-refractivity contribution in [3.8, 4) is 0 Å². The van der Waals surface area contributed by atoms with E-state index < -0.39 is 23.6 Å². The lowest BCUT2D eigenvalue weighted by atomic mass is 10.2. The first-order valence-corrected chi connectivity index (χ1v) is 5.52. The number of carboxylic acid groups (broad SMARTS) is 1. The molecule has 0 aromatic carbocycles. The summed E-state index contributed by atoms with van der Waals surface area (Å²) < 4.78 is 39.1. The van der Waals surface area contributed by atoms with Crippen molar-refractivity contribution in [2.24, 2.45) is 5.92 Å². The summed E-state index contributed by atoms with van der Waals surface area (Å²) >= 11 is 0. The van der Waals surface area contributed by atoms with E-state index in [0.717, 1.165) is 12.3 Å². The number of aliphatic carboxylic acids is 1. The second kappa shape index (κ2) is 3.69. The van der Waals surface area contributed by atoms with Crippen LogP contribution < -0.4 is 0 Å². The molecule has 8 heteroatoms. The first-order chi connectivity index (χ1) is 8.88. The monoisotopic (exact) mass is 271 g/mol. The van der Waals surface area contributed by atoms with Crippen molar-refractivity contribution >= 4 is 11.6 Å². The molecule has 1 aliphatic rings. The zero-order valence-electron chi connectivity index (χ0n) is 9.42. The molecule has 1 N–H and O–H groups in total. The number of fused-ring (bicyclic) bond motifs is 1. The third-order valence-corrected chi connectivity index (χ3v) is 3.20. The van der Waals surface area contributed by atoms with Crippen LogP contribution in [0.5, 0.6) is 0 Å². The molecule has 3 rings (SSSR count). The summed E-state index contributed by atoms with van der Waals surface area (Å²) in [6, 6.07) is 2.15. The Hall–Kier alpha value is -2.12. The van der Waals surface area contributed by atoms with Gasteiger partial charge in [-0.3, -0.25) is 9.20 Å². The second-order valence-corrected chi connectivity index (χ2v) is 4.49. The Bertz CT molecular complexity index is 665. The van der Waals surface area contributed by atoms with Crippen molar-refractivity contribution in [3.63, 3.8) is 0 Å². The van der Waals surface area contributed by atoms with E-state index in [1.54, 1.807) is 0 Å². The molecule has 2 aromatic heterocycles. The summed E-state index contributed by atoms with van der Waals surface area (Å²) in [4.78, 5) is 10.8. The highest BCUT2D eigenvalue weighted by Crippen LogP contribution is 2.46. The van der Waals surface area contributed by atoms with Crippen molar-refractivity contribution in [3.05, 3.63) is 29.7 Å². The predicted octanol–water partition coefficient (Wildman–Crippen LogP) is 1.94. The summed E-state index contributed by atoms with van der Waals surface area (Å²) in [7, 11) is 0. The Morgan fingerprint density at radius 1 is 1.37 bits per heavy atom. The van der Waals surface area contributed by atoms with E-state index in [1.165, 1.54) is 10.5 Å². The fraction of sp³-hybridized carbons (Fsp3) is 0.364. The number of pyridine rings is 1. The van der Waals surface area contributed by atoms with Gasteiger partial charge in [-0.05, 0) is 18.6 Å². The van der Waals surface area contributed by atoms with Crippen molar-refractivity contribution < 1.29 is 23.1 Å². The minimum atomic E-state index is -4.45. The molecule has 0 aliphatic heterocycles. The molecule has 1 saturated carbocycles. The highest BCUT2D eigenvalue weighted by Gasteiger charge is 2.47. The second-order valence-electron chi connectivity index (χ2n) is 4.49. The Balaban J connectivity index is 2.05. The van der Waals surface area contributed by atoms with E-state index >= 15 is 0 Å². The lowest BCUT2D eigenvalue weighted by Crippen LogP contribution is -2.07. The van der Waals surface area contributed by atoms with Gasteiger partial charge in [0.15, 0.2) is 5.65 Å². The number of nitrogens with zero attached hydrogens (tertiary/aromatic N) is 3. The maximum Gasteiger partial charge on any atom is 0.417 e. The molecule has 0 spiro atoms. The molecule has 0 saturated heterocycles. The van der Waals surface area contributed by atoms with E-state index in [2.05, 4.69) is 10.2 Å². The average molecular weight is 271 g/mol. The van der Waals surface area contributed by atoms with Gasteiger partial charge in [0, 0.05) is 12.1 Å². The molecular weight excluding hydrogens is 263 g/mol. The predicted molar refractivity (Wildman–Crippen MR) is 56.5 cm³/mol. The molecule has 0 amide bonds. The van der Waals surface area contributed by atoms with Crippen LogP contribution in [0.2, 0.25) is 0 Å². The summed E-state index contributed by atoms with van der Waals surface area (Å²) in [6.45, 7) is 0. The van der Waals surface area contributed by atoms with Crippen LogP contribution >= 0.6 is 0 Å². The Kier molecular flexibility index (Phi) is 2.32. The molecule has 1 aliphatic carbocycles. The number of hydrogen-bond donors (Lipinski definition) is 1. The van der Waals surface area contributed by atoms with E-state index in [0.29, 0.717) is 6.42 Å². The molecule has 2 atom stereocenters. The van der Waals surface area contributed by atoms with Crippen molar-refractivity contribution in [2.45, 2.75) is 18.5 Å². The van der Waals surface area contributed by atoms with E-state index in [9.17, 15) is 18.0 Å². The smallest absolute Gasteiger partial charge is 0.417 e. The van der Waals surface area contributed by atoms with Crippen molar-refractivity contribution in [1.29, 1.82) is 0 Å². The van der Waals surface area contributed by atoms with Gasteiger partial charge in [0.05, 0.1) is 11.5 Å². The number of rotatable bonds is 2. The summed E-state index contributed by atoms with van der Waals surface area (Å²) in [6.07, 6.45) is -3.17. The molecule has 5 nitrogen and oxygen atoms in total. The third-order valence-electron chi connectivity index (χ3n) is 3.20. The number of alkyl halides is 3. The average Bonchev–Trinajstić information content (AvgIpc) is 3.01. The third kappa shape index (κ3) is 1.92. The maximum absolute atomic E-state index is 12.6. The van der Waals surface area contributed by atoms with Gasteiger partial charge in [-0.2, -0.15) is 13.2 Å². The normalized spacial score (nSPS) is 22.7. The molecule has 2 heterocycles. The first-order valence-electron chi connectivity index (χ1n) is 5.52. The van der Waals surface area contributed by atoms with Crippen LogP contribution in [0.15, 0.2) is 18.3 Å². The summed E-state index contributed by atoms with van der Waals surface area (Å²) in [5.74, 6) is -1.64. The molecule has 2 aromatic rings. The van der Waals surface area contributed by atoms with Gasteiger partial charge in [-0.1, -0.05) is 0 Å². The molecule has 2 unspecified atom stereocenters. The van der Waals surface area contributed by atoms with E-state index in [4.69, 9.17) is 5.11 Å². The number of aromatic nitrogens is 3. The van der Waals surface area contributed by atoms with Crippen LogP contribution in [0.1, 0.15) is 23.7 Å². The Labute approximate surface area is 104 Å². The summed E-state index contributed by atoms with van der Waals surface area (Å²) in [5, 5.41) is 16.4. The highest BCUT2D eigenvalue weighted by atomic mass is 19.4. The first kappa shape index (κ1) is 11.9. The van der Waals surface area contributed by atoms with Crippen LogP contribution in [0.4, 0.5) is 13.2 Å². The van der Waals surface area contributed by atoms with Crippen LogP contribution in [0.25, 0.3) is 5.65 Å². The molecule has 1 fully saturated rings. The zero-order valence-corrected chi connectivity index (χ0v) is 9.42. The highest BCUT2D eigenvalue weighted by molar-refractivity contribution is 5.75. The van der Waals surface area contributed by atoms with E-state index in [1.807, 2.05) is 0 Å². The van der Waals surface area contributed by atoms with Gasteiger partial charge in [-0.15, -0.1) is 10.2 Å². The fourth-order valence-corrected chi connectivity index (χ4v) is 2.08. The standard InChI is InChI=1S/C11H8F3N3O2/c12-11(13,14)5-1-2-8-15-16-9(17(8)4-5)6-3-7(6)10(18)19/h1-2,4,6-7H,3H2,(H,18,19). The fourth-order valence-electron chi connectivity index (χ4n) is 2.08. The van der Waals surface area contributed by atoms with Crippen LogP contribution in [0, 0.1) is 5.92 Å². The van der Waals surface area contributed by atoms with Gasteiger partial charge in [0.2, 0.25) is 0 Å². The molecule has 0 radical (unpaired) electrons. The topological polar surface area (TPSA) is 67.5 Å². The minimum absolute atomic E-state index is 0.272. The Morgan fingerprint density at radius 2 is 2.11 bits per heavy atom. The molecule has 0 bridgehead atoms. The zero-order chi connectivity index (χ0) is 13.8. The number of halogens is 3. The number of carbonyl (C=O) groups is 1. The van der Waals surface area contributed by atoms with Crippen LogP contribution in [-0.4, -0.2) is 25.7 Å². The van der Waals surface area contributed by atoms with Gasteiger partial charge in [-0.25, -0.2) is 0 Å². The van der Waals surface area contributed by atoms with Gasteiger partial charge < -0.3 is 5.11 Å². The Morgan fingerprint density at radius 3 is 2.68 bits per heavy atom. The lowest BCUT2D eigenvalue weighted by Gasteiger charge is -2.07. The van der Waals surface area contributed by atoms with Crippen molar-refractivity contribution in [2.75, 3.05) is 0 Å². The number of carboxylic acids is 1. The van der Waals surface area contributed by atoms with Gasteiger partial charge in [0.1, 0.15) is 5.82 Å². The van der Waals surface area contributed by atoms with E-state index in [-0.39, 0.29) is 17.4 Å². The largest absolute Gasteiger partial charge is 0.481 e. The lowest BCUT2D eigenvalue weighted by molar-refractivity contribution is -0.139. The molecular formula is C11H8F3N3O2. The number of hydrogen-bond acceptors (Lipinski definition) is 3. The molecule has 100 valence electrons. The van der Waals surface area contributed by atoms with Gasteiger partial charge >= 0.3 is 12.1 Å². The minimum Gasteiger partial charge on any atom is -0.481 e. The van der Waals surface area contributed by atoms with Crippen molar-refractivity contribution in [1.82, 2.24) is 14.6 Å². The maximum atomic E-state index is 12.6. The molecule has 19 heavy (non-hydrogen) atoms. The van der Waals surface area contributed by atoms with Gasteiger partial charge in [0.25, 0.3) is 0 Å². The SMILES string of the molecule is O=C(O)C1CC1c1nnc2ccc(C(F)(F)F)cn12. The quantitative estimate of drug-likeness (QED) is 0.906. The summed E-state index contributed by atoms with van der Waals surface area (Å²) in [5.41, 5.74) is -0.535. The van der Waals surface area contributed by atoms with Crippen LogP contribution in [0.3, 0.4) is 0 Å².